The largest absolute Gasteiger partial charge is 0.472 e. The summed E-state index contributed by atoms with van der Waals surface area (Å²) >= 11 is 0. The Morgan fingerprint density at radius 2 is 0.506 bits per heavy atom. The second-order valence-corrected chi connectivity index (χ2v) is 28.0. The summed E-state index contributed by atoms with van der Waals surface area (Å²) in [5, 5.41) is 10.5. The molecule has 0 saturated carbocycles. The van der Waals surface area contributed by atoms with Gasteiger partial charge in [-0.25, -0.2) is 9.13 Å². The number of ether oxygens (including phenoxy) is 4. The maximum absolute atomic E-state index is 13.0. The minimum Gasteiger partial charge on any atom is -0.462 e. The lowest BCUT2D eigenvalue weighted by molar-refractivity contribution is -0.161. The molecule has 0 aliphatic carbocycles. The van der Waals surface area contributed by atoms with Gasteiger partial charge in [-0.15, -0.1) is 0 Å². The molecule has 3 N–H and O–H groups in total. The molecule has 0 saturated heterocycles. The summed E-state index contributed by atoms with van der Waals surface area (Å²) in [5.41, 5.74) is 0. The van der Waals surface area contributed by atoms with Gasteiger partial charge in [-0.3, -0.25) is 37.3 Å². The molecule has 0 bridgehead atoms. The molecule has 0 heterocycles. The number of rotatable bonds is 61. The van der Waals surface area contributed by atoms with Crippen LogP contribution in [0.25, 0.3) is 0 Å². The van der Waals surface area contributed by atoms with Crippen molar-refractivity contribution < 1.29 is 80.2 Å². The Labute approximate surface area is 505 Å². The molecular formula is C64H124O17P2. The van der Waals surface area contributed by atoms with Crippen molar-refractivity contribution in [2.24, 2.45) is 23.7 Å². The van der Waals surface area contributed by atoms with Crippen molar-refractivity contribution in [3.8, 4) is 0 Å². The van der Waals surface area contributed by atoms with E-state index >= 15 is 0 Å². The predicted octanol–water partition coefficient (Wildman–Crippen LogP) is 17.4. The molecule has 17 nitrogen and oxygen atoms in total. The highest BCUT2D eigenvalue weighted by atomic mass is 31.2. The number of phosphoric acid groups is 2. The maximum Gasteiger partial charge on any atom is 0.472 e. The van der Waals surface area contributed by atoms with E-state index in [9.17, 15) is 43.2 Å². The van der Waals surface area contributed by atoms with Crippen LogP contribution in [0, 0.1) is 23.7 Å². The van der Waals surface area contributed by atoms with Gasteiger partial charge in [0.15, 0.2) is 12.2 Å². The molecule has 0 amide bonds. The Kier molecular flexibility index (Phi) is 53.0. The van der Waals surface area contributed by atoms with Crippen molar-refractivity contribution in [3.05, 3.63) is 0 Å². The topological polar surface area (TPSA) is 237 Å². The van der Waals surface area contributed by atoms with Crippen LogP contribution in [0.2, 0.25) is 0 Å². The van der Waals surface area contributed by atoms with Gasteiger partial charge in [0, 0.05) is 25.7 Å². The number of hydrogen-bond donors (Lipinski definition) is 3. The monoisotopic (exact) mass is 1230 g/mol. The number of aliphatic hydroxyl groups is 1. The fourth-order valence-corrected chi connectivity index (χ4v) is 11.0. The van der Waals surface area contributed by atoms with Crippen molar-refractivity contribution in [2.45, 2.75) is 324 Å². The zero-order valence-corrected chi connectivity index (χ0v) is 55.6. The second kappa shape index (κ2) is 54.2. The number of aliphatic hydroxyl groups excluding tert-OH is 1. The Morgan fingerprint density at radius 3 is 0.747 bits per heavy atom. The minimum atomic E-state index is -4.94. The van der Waals surface area contributed by atoms with E-state index in [1.165, 1.54) is 103 Å². The highest BCUT2D eigenvalue weighted by Crippen LogP contribution is 2.45. The van der Waals surface area contributed by atoms with Gasteiger partial charge in [-0.2, -0.15) is 0 Å². The fraction of sp³-hybridized carbons (Fsp3) is 0.938. The normalized spacial score (nSPS) is 14.4. The van der Waals surface area contributed by atoms with Crippen LogP contribution in [0.15, 0.2) is 0 Å². The summed E-state index contributed by atoms with van der Waals surface area (Å²) in [6, 6.07) is 0. The third kappa shape index (κ3) is 58.8. The summed E-state index contributed by atoms with van der Waals surface area (Å²) in [6.07, 6.45) is 33.7. The quantitative estimate of drug-likeness (QED) is 0.0222. The van der Waals surface area contributed by atoms with E-state index in [2.05, 4.69) is 55.4 Å². The van der Waals surface area contributed by atoms with Crippen molar-refractivity contribution in [3.63, 3.8) is 0 Å². The highest BCUT2D eigenvalue weighted by molar-refractivity contribution is 7.47. The van der Waals surface area contributed by atoms with Crippen LogP contribution in [-0.2, 0) is 65.4 Å². The van der Waals surface area contributed by atoms with Crippen LogP contribution in [0.4, 0.5) is 0 Å². The first-order chi connectivity index (χ1) is 39.6. The Bertz CT molecular complexity index is 1660. The maximum atomic E-state index is 13.0. The molecule has 492 valence electrons. The van der Waals surface area contributed by atoms with Crippen molar-refractivity contribution in [1.82, 2.24) is 0 Å². The summed E-state index contributed by atoms with van der Waals surface area (Å²) < 4.78 is 68.0. The van der Waals surface area contributed by atoms with Crippen LogP contribution in [0.1, 0.15) is 306 Å². The van der Waals surface area contributed by atoms with Crippen LogP contribution in [-0.4, -0.2) is 96.7 Å². The Balaban J connectivity index is 5.24. The van der Waals surface area contributed by atoms with E-state index in [1.54, 1.807) is 0 Å². The minimum absolute atomic E-state index is 0.102. The predicted molar refractivity (Wildman–Crippen MR) is 331 cm³/mol. The molecule has 0 spiro atoms. The first-order valence-electron chi connectivity index (χ1n) is 33.2. The van der Waals surface area contributed by atoms with E-state index in [0.29, 0.717) is 37.5 Å². The van der Waals surface area contributed by atoms with Crippen LogP contribution < -0.4 is 0 Å². The standard InChI is InChI=1S/C64H124O17P2/c1-54(2)40-32-24-16-11-9-13-19-28-36-44-61(66)74-50-59(81-64(69)47-39-31-21-15-18-26-34-42-56(5)6)52-78-82(70,71)76-48-58(65)49-77-83(72,73)79-53-60(51-75-62(67)45-37-29-23-22-27-35-43-57(7)8)80-63(68)46-38-30-20-14-10-12-17-25-33-41-55(3)4/h54-60,65H,9-53H2,1-8H3,(H,70,71)(H,72,73)/t58-,59-,60-/m1/s1. The number of esters is 4. The molecule has 83 heavy (non-hydrogen) atoms. The van der Waals surface area contributed by atoms with Crippen LogP contribution in [0.5, 0.6) is 0 Å². The average molecular weight is 1230 g/mol. The lowest BCUT2D eigenvalue weighted by Gasteiger charge is -2.21. The van der Waals surface area contributed by atoms with Crippen molar-refractivity contribution in [1.29, 1.82) is 0 Å². The number of carbonyl (C=O) groups excluding carboxylic acids is 4. The smallest absolute Gasteiger partial charge is 0.462 e. The molecular weight excluding hydrogens is 1100 g/mol. The van der Waals surface area contributed by atoms with Gasteiger partial charge in [-0.1, -0.05) is 254 Å². The third-order valence-corrected chi connectivity index (χ3v) is 16.5. The Morgan fingerprint density at radius 1 is 0.301 bits per heavy atom. The Hall–Kier alpha value is -1.94. The molecule has 5 atom stereocenters. The first-order valence-corrected chi connectivity index (χ1v) is 36.2. The van der Waals surface area contributed by atoms with Gasteiger partial charge in [0.05, 0.1) is 26.4 Å². The summed E-state index contributed by atoms with van der Waals surface area (Å²) in [4.78, 5) is 72.2. The van der Waals surface area contributed by atoms with Gasteiger partial charge in [0.1, 0.15) is 19.3 Å². The SMILES string of the molecule is CC(C)CCCCCCCCCCCC(=O)OC[C@H](COP(=O)(O)OC[C@@H](O)COP(=O)(O)OC[C@@H](COC(=O)CCCCCCCCC(C)C)OC(=O)CCCCCCCCCCCC(C)C)OC(=O)CCCCCCCCCC(C)C. The molecule has 0 aliphatic rings. The van der Waals surface area contributed by atoms with E-state index in [0.717, 1.165) is 108 Å². The lowest BCUT2D eigenvalue weighted by atomic mass is 10.0. The fourth-order valence-electron chi connectivity index (χ4n) is 9.43. The second-order valence-electron chi connectivity index (χ2n) is 25.1. The third-order valence-electron chi connectivity index (χ3n) is 14.6. The van der Waals surface area contributed by atoms with E-state index in [4.69, 9.17) is 37.0 Å². The molecule has 19 heteroatoms. The molecule has 0 fully saturated rings. The van der Waals surface area contributed by atoms with Crippen molar-refractivity contribution in [2.75, 3.05) is 39.6 Å². The van der Waals surface area contributed by atoms with E-state index in [1.807, 2.05) is 0 Å². The van der Waals surface area contributed by atoms with Gasteiger partial charge < -0.3 is 33.8 Å². The molecule has 2 unspecified atom stereocenters. The van der Waals surface area contributed by atoms with Gasteiger partial charge in [-0.05, 0) is 49.4 Å². The highest BCUT2D eigenvalue weighted by Gasteiger charge is 2.30. The molecule has 0 aromatic heterocycles. The summed E-state index contributed by atoms with van der Waals surface area (Å²) in [5.74, 6) is 0.713. The van der Waals surface area contributed by atoms with Gasteiger partial charge >= 0.3 is 39.5 Å². The molecule has 0 aromatic rings. The zero-order chi connectivity index (χ0) is 61.8. The number of carbonyl (C=O) groups is 4. The molecule has 0 aromatic carbocycles. The molecule has 0 rings (SSSR count). The first kappa shape index (κ1) is 81.1. The number of unbranched alkanes of at least 4 members (excludes halogenated alkanes) is 27. The van der Waals surface area contributed by atoms with Crippen LogP contribution in [0.3, 0.4) is 0 Å². The average Bonchev–Trinajstić information content (AvgIpc) is 3.43. The van der Waals surface area contributed by atoms with E-state index in [-0.39, 0.29) is 25.7 Å². The van der Waals surface area contributed by atoms with Crippen molar-refractivity contribution >= 4 is 39.5 Å². The van der Waals surface area contributed by atoms with Crippen LogP contribution >= 0.6 is 15.6 Å². The molecule has 0 radical (unpaired) electrons. The summed E-state index contributed by atoms with van der Waals surface area (Å²) in [6.45, 7) is 13.9. The zero-order valence-electron chi connectivity index (χ0n) is 53.8. The number of hydrogen-bond acceptors (Lipinski definition) is 15. The van der Waals surface area contributed by atoms with Gasteiger partial charge in [0.2, 0.25) is 0 Å². The lowest BCUT2D eigenvalue weighted by Crippen LogP contribution is -2.30. The number of phosphoric ester groups is 2. The molecule has 0 aliphatic heterocycles. The van der Waals surface area contributed by atoms with Gasteiger partial charge in [0.25, 0.3) is 0 Å². The summed E-state index contributed by atoms with van der Waals surface area (Å²) in [7, 11) is -9.89. The van der Waals surface area contributed by atoms with E-state index < -0.39 is 97.5 Å².